The number of nitrogens with zero attached hydrogens (tertiary/aromatic N) is 3. The van der Waals surface area contributed by atoms with Crippen LogP contribution in [-0.2, 0) is 0 Å². The summed E-state index contributed by atoms with van der Waals surface area (Å²) in [5.41, 5.74) is 3.57. The third kappa shape index (κ3) is 2.42. The Balaban J connectivity index is 1.97. The van der Waals surface area contributed by atoms with Gasteiger partial charge in [-0.25, -0.2) is 0 Å². The van der Waals surface area contributed by atoms with Gasteiger partial charge in [0.25, 0.3) is 0 Å². The Kier molecular flexibility index (Phi) is 3.13. The summed E-state index contributed by atoms with van der Waals surface area (Å²) in [4.78, 5) is 4.71. The number of benzene rings is 1. The lowest BCUT2D eigenvalue weighted by molar-refractivity contribution is 0.537. The fourth-order valence-corrected chi connectivity index (χ4v) is 2.53. The molecule has 0 bridgehead atoms. The van der Waals surface area contributed by atoms with Crippen LogP contribution in [0.15, 0.2) is 29.4 Å². The van der Waals surface area contributed by atoms with Crippen LogP contribution in [0, 0.1) is 5.92 Å². The molecule has 19 heavy (non-hydrogen) atoms. The van der Waals surface area contributed by atoms with E-state index in [9.17, 15) is 0 Å². The lowest BCUT2D eigenvalue weighted by atomic mass is 9.95. The molecule has 1 aliphatic rings. The molecule has 0 aliphatic carbocycles. The van der Waals surface area contributed by atoms with Gasteiger partial charge in [0.05, 0.1) is 5.52 Å². The van der Waals surface area contributed by atoms with Gasteiger partial charge in [0.2, 0.25) is 0 Å². The number of rotatable bonds is 2. The van der Waals surface area contributed by atoms with Crippen LogP contribution in [0.3, 0.4) is 0 Å². The molecule has 3 nitrogen and oxygen atoms in total. The maximum absolute atomic E-state index is 4.71. The van der Waals surface area contributed by atoms with Crippen LogP contribution < -0.4 is 0 Å². The van der Waals surface area contributed by atoms with Crippen LogP contribution in [0.2, 0.25) is 0 Å². The second kappa shape index (κ2) is 4.80. The van der Waals surface area contributed by atoms with Crippen LogP contribution in [0.4, 0.5) is 0 Å². The van der Waals surface area contributed by atoms with E-state index in [1.807, 2.05) is 4.68 Å². The van der Waals surface area contributed by atoms with Crippen molar-refractivity contribution in [2.75, 3.05) is 6.54 Å². The van der Waals surface area contributed by atoms with Crippen LogP contribution >= 0.6 is 0 Å². The van der Waals surface area contributed by atoms with E-state index >= 15 is 0 Å². The molecule has 0 unspecified atom stereocenters. The molecule has 1 aromatic heterocycles. The van der Waals surface area contributed by atoms with Crippen molar-refractivity contribution < 1.29 is 0 Å². The largest absolute Gasteiger partial charge is 0.289 e. The summed E-state index contributed by atoms with van der Waals surface area (Å²) in [6.07, 6.45) is 4.46. The highest BCUT2D eigenvalue weighted by atomic mass is 15.3. The van der Waals surface area contributed by atoms with Crippen molar-refractivity contribution >= 4 is 16.6 Å². The molecule has 2 heterocycles. The van der Waals surface area contributed by atoms with Crippen LogP contribution in [-0.4, -0.2) is 22.0 Å². The van der Waals surface area contributed by atoms with Crippen molar-refractivity contribution in [3.8, 4) is 0 Å². The molecule has 100 valence electrons. The highest BCUT2D eigenvalue weighted by Crippen LogP contribution is 2.21. The Bertz CT molecular complexity index is 622. The highest BCUT2D eigenvalue weighted by molar-refractivity contribution is 6.03. The standard InChI is InChI=1S/C16H21N3/c1-11(2)19-10-14-6-5-13(8-16(14)18-19)15-7-4-12(3)9-17-15/h5-6,8,10-12H,4,7,9H2,1-3H3/t12-/m0/s1. The van der Waals surface area contributed by atoms with E-state index in [2.05, 4.69) is 50.3 Å². The maximum atomic E-state index is 4.71. The Morgan fingerprint density at radius 3 is 2.84 bits per heavy atom. The topological polar surface area (TPSA) is 30.2 Å². The van der Waals surface area contributed by atoms with E-state index in [1.165, 1.54) is 23.1 Å². The van der Waals surface area contributed by atoms with Crippen molar-refractivity contribution in [2.24, 2.45) is 10.9 Å². The fraction of sp³-hybridized carbons (Fsp3) is 0.500. The van der Waals surface area contributed by atoms with Crippen LogP contribution in [0.25, 0.3) is 10.9 Å². The SMILES string of the molecule is CC(C)n1cc2ccc(C3=NC[C@@H](C)CC3)cc2n1. The first-order valence-corrected chi connectivity index (χ1v) is 7.16. The first-order chi connectivity index (χ1) is 9.13. The molecule has 0 radical (unpaired) electrons. The summed E-state index contributed by atoms with van der Waals surface area (Å²) < 4.78 is 2.03. The summed E-state index contributed by atoms with van der Waals surface area (Å²) in [5, 5.41) is 5.85. The van der Waals surface area contributed by atoms with Gasteiger partial charge >= 0.3 is 0 Å². The van der Waals surface area contributed by atoms with Gasteiger partial charge in [-0.3, -0.25) is 9.67 Å². The van der Waals surface area contributed by atoms with Crippen molar-refractivity contribution in [1.82, 2.24) is 9.78 Å². The van der Waals surface area contributed by atoms with E-state index in [1.54, 1.807) is 0 Å². The number of aliphatic imine (C=N–C) groups is 1. The molecule has 0 saturated carbocycles. The van der Waals surface area contributed by atoms with Gasteiger partial charge in [-0.2, -0.15) is 5.10 Å². The first kappa shape index (κ1) is 12.4. The Labute approximate surface area is 114 Å². The van der Waals surface area contributed by atoms with Gasteiger partial charge in [-0.15, -0.1) is 0 Å². The average molecular weight is 255 g/mol. The molecular formula is C16H21N3. The second-order valence-corrected chi connectivity index (χ2v) is 5.91. The molecule has 1 atom stereocenters. The van der Waals surface area contributed by atoms with Crippen LogP contribution in [0.5, 0.6) is 0 Å². The van der Waals surface area contributed by atoms with E-state index in [4.69, 9.17) is 4.99 Å². The van der Waals surface area contributed by atoms with Crippen molar-refractivity contribution in [2.45, 2.75) is 39.7 Å². The lowest BCUT2D eigenvalue weighted by Gasteiger charge is -2.17. The molecule has 1 aliphatic heterocycles. The minimum absolute atomic E-state index is 0.406. The molecule has 0 spiro atoms. The molecule has 1 aromatic carbocycles. The Morgan fingerprint density at radius 2 is 2.16 bits per heavy atom. The minimum Gasteiger partial charge on any atom is -0.289 e. The van der Waals surface area contributed by atoms with Gasteiger partial charge in [0, 0.05) is 29.9 Å². The quantitative estimate of drug-likeness (QED) is 0.802. The fourth-order valence-electron chi connectivity index (χ4n) is 2.53. The summed E-state index contributed by atoms with van der Waals surface area (Å²) >= 11 is 0. The molecule has 3 heteroatoms. The van der Waals surface area contributed by atoms with Gasteiger partial charge in [0.15, 0.2) is 0 Å². The lowest BCUT2D eigenvalue weighted by Crippen LogP contribution is -2.14. The van der Waals surface area contributed by atoms with Gasteiger partial charge in [-0.05, 0) is 44.2 Å². The summed E-state index contributed by atoms with van der Waals surface area (Å²) in [5.74, 6) is 0.729. The second-order valence-electron chi connectivity index (χ2n) is 5.91. The van der Waals surface area contributed by atoms with E-state index < -0.39 is 0 Å². The zero-order valence-electron chi connectivity index (χ0n) is 11.9. The smallest absolute Gasteiger partial charge is 0.0930 e. The summed E-state index contributed by atoms with van der Waals surface area (Å²) in [6.45, 7) is 7.54. The first-order valence-electron chi connectivity index (χ1n) is 7.16. The predicted octanol–water partition coefficient (Wildman–Crippen LogP) is 3.84. The van der Waals surface area contributed by atoms with Gasteiger partial charge < -0.3 is 0 Å². The van der Waals surface area contributed by atoms with Gasteiger partial charge in [-0.1, -0.05) is 19.1 Å². The minimum atomic E-state index is 0.406. The van der Waals surface area contributed by atoms with Crippen molar-refractivity contribution in [1.29, 1.82) is 0 Å². The molecular weight excluding hydrogens is 234 g/mol. The predicted molar refractivity (Wildman–Crippen MR) is 79.9 cm³/mol. The molecule has 0 fully saturated rings. The zero-order chi connectivity index (χ0) is 13.4. The Hall–Kier alpha value is -1.64. The third-order valence-electron chi connectivity index (χ3n) is 3.86. The van der Waals surface area contributed by atoms with E-state index in [-0.39, 0.29) is 0 Å². The third-order valence-corrected chi connectivity index (χ3v) is 3.86. The van der Waals surface area contributed by atoms with Gasteiger partial charge in [0.1, 0.15) is 0 Å². The maximum Gasteiger partial charge on any atom is 0.0930 e. The number of fused-ring (bicyclic) bond motifs is 1. The summed E-state index contributed by atoms with van der Waals surface area (Å²) in [6, 6.07) is 6.94. The molecule has 0 saturated heterocycles. The average Bonchev–Trinajstić information content (AvgIpc) is 2.82. The highest BCUT2D eigenvalue weighted by Gasteiger charge is 2.14. The monoisotopic (exact) mass is 255 g/mol. The van der Waals surface area contributed by atoms with Crippen molar-refractivity contribution in [3.63, 3.8) is 0 Å². The zero-order valence-corrected chi connectivity index (χ0v) is 11.9. The number of aromatic nitrogens is 2. The molecule has 0 amide bonds. The number of hydrogen-bond acceptors (Lipinski definition) is 2. The normalized spacial score (nSPS) is 20.0. The molecule has 0 N–H and O–H groups in total. The van der Waals surface area contributed by atoms with E-state index in [0.717, 1.165) is 24.4 Å². The van der Waals surface area contributed by atoms with Crippen molar-refractivity contribution in [3.05, 3.63) is 30.0 Å². The summed E-state index contributed by atoms with van der Waals surface area (Å²) in [7, 11) is 0. The Morgan fingerprint density at radius 1 is 1.32 bits per heavy atom. The van der Waals surface area contributed by atoms with E-state index in [0.29, 0.717) is 6.04 Å². The molecule has 2 aromatic rings. The molecule has 3 rings (SSSR count). The number of hydrogen-bond donors (Lipinski definition) is 0. The van der Waals surface area contributed by atoms with Crippen LogP contribution in [0.1, 0.15) is 45.2 Å².